The molecule has 3 aromatic rings. The van der Waals surface area contributed by atoms with Crippen molar-refractivity contribution in [1.29, 1.82) is 0 Å². The van der Waals surface area contributed by atoms with Crippen molar-refractivity contribution in [3.63, 3.8) is 0 Å². The van der Waals surface area contributed by atoms with E-state index in [2.05, 4.69) is 33.3 Å². The number of fused-ring (bicyclic) bond motifs is 1. The second-order valence-corrected chi connectivity index (χ2v) is 10.1. The molecule has 6 heterocycles. The van der Waals surface area contributed by atoms with E-state index in [1.54, 1.807) is 11.3 Å². The normalized spacial score (nSPS) is 22.3. The standard InChI is InChI=1S/C24H30N6OS/c1-2-9-29(8-1)22-4-3-17(14-25-22)24-28-20-15-26-23(13-21(20)32-24)30-10-5-18(6-11-30)27-19-7-12-31-16-19/h3-4,13-15,18-19,27H,1-2,5-12,16H2. The predicted octanol–water partition coefficient (Wildman–Crippen LogP) is 3.70. The van der Waals surface area contributed by atoms with Crippen molar-refractivity contribution in [3.8, 4) is 10.6 Å². The highest BCUT2D eigenvalue weighted by molar-refractivity contribution is 7.21. The van der Waals surface area contributed by atoms with Crippen molar-refractivity contribution >= 4 is 33.2 Å². The van der Waals surface area contributed by atoms with Crippen LogP contribution in [0.4, 0.5) is 11.6 Å². The molecule has 0 aliphatic carbocycles. The van der Waals surface area contributed by atoms with Crippen molar-refractivity contribution in [3.05, 3.63) is 30.6 Å². The zero-order valence-corrected chi connectivity index (χ0v) is 19.2. The second-order valence-electron chi connectivity index (χ2n) is 9.12. The van der Waals surface area contributed by atoms with E-state index < -0.39 is 0 Å². The third-order valence-corrected chi connectivity index (χ3v) is 7.97. The number of ether oxygens (including phenoxy) is 1. The van der Waals surface area contributed by atoms with Gasteiger partial charge in [0.2, 0.25) is 0 Å². The van der Waals surface area contributed by atoms with Gasteiger partial charge < -0.3 is 19.9 Å². The highest BCUT2D eigenvalue weighted by Crippen LogP contribution is 2.32. The fourth-order valence-electron chi connectivity index (χ4n) is 5.04. The summed E-state index contributed by atoms with van der Waals surface area (Å²) < 4.78 is 6.69. The molecular formula is C24H30N6OS. The van der Waals surface area contributed by atoms with Gasteiger partial charge in [-0.15, -0.1) is 11.3 Å². The maximum atomic E-state index is 5.50. The molecule has 0 bridgehead atoms. The average molecular weight is 451 g/mol. The van der Waals surface area contributed by atoms with Crippen molar-refractivity contribution < 1.29 is 4.74 Å². The third kappa shape index (κ3) is 4.19. The Kier molecular flexibility index (Phi) is 5.67. The van der Waals surface area contributed by atoms with Crippen LogP contribution in [0.5, 0.6) is 0 Å². The number of nitrogens with zero attached hydrogens (tertiary/aromatic N) is 5. The molecule has 0 spiro atoms. The molecule has 3 saturated heterocycles. The van der Waals surface area contributed by atoms with Gasteiger partial charge in [0.1, 0.15) is 22.2 Å². The first-order valence-electron chi connectivity index (χ1n) is 11.9. The molecular weight excluding hydrogens is 420 g/mol. The summed E-state index contributed by atoms with van der Waals surface area (Å²) in [6, 6.07) is 7.62. The highest BCUT2D eigenvalue weighted by atomic mass is 32.1. The summed E-state index contributed by atoms with van der Waals surface area (Å²) in [6.45, 7) is 6.07. The van der Waals surface area contributed by atoms with Gasteiger partial charge in [0.25, 0.3) is 0 Å². The second kappa shape index (κ2) is 8.92. The highest BCUT2D eigenvalue weighted by Gasteiger charge is 2.24. The Morgan fingerprint density at radius 1 is 0.906 bits per heavy atom. The van der Waals surface area contributed by atoms with E-state index in [0.29, 0.717) is 12.1 Å². The van der Waals surface area contributed by atoms with Crippen LogP contribution in [0.1, 0.15) is 32.1 Å². The Morgan fingerprint density at radius 2 is 1.72 bits per heavy atom. The fourth-order valence-corrected chi connectivity index (χ4v) is 6.00. The van der Waals surface area contributed by atoms with E-state index >= 15 is 0 Å². The molecule has 3 aromatic heterocycles. The van der Waals surface area contributed by atoms with Crippen LogP contribution in [0.2, 0.25) is 0 Å². The topological polar surface area (TPSA) is 66.4 Å². The summed E-state index contributed by atoms with van der Waals surface area (Å²) in [7, 11) is 0. The lowest BCUT2D eigenvalue weighted by Crippen LogP contribution is -2.46. The number of anilines is 2. The van der Waals surface area contributed by atoms with Gasteiger partial charge in [-0.25, -0.2) is 15.0 Å². The van der Waals surface area contributed by atoms with Crippen LogP contribution in [-0.2, 0) is 4.74 Å². The lowest BCUT2D eigenvalue weighted by atomic mass is 10.0. The maximum Gasteiger partial charge on any atom is 0.130 e. The quantitative estimate of drug-likeness (QED) is 0.636. The lowest BCUT2D eigenvalue weighted by Gasteiger charge is -2.34. The zero-order chi connectivity index (χ0) is 21.3. The Morgan fingerprint density at radius 3 is 2.47 bits per heavy atom. The first-order valence-corrected chi connectivity index (χ1v) is 12.7. The molecule has 0 amide bonds. The molecule has 32 heavy (non-hydrogen) atoms. The smallest absolute Gasteiger partial charge is 0.130 e. The van der Waals surface area contributed by atoms with Crippen molar-refractivity contribution in [2.24, 2.45) is 0 Å². The number of pyridine rings is 2. The Balaban J connectivity index is 1.13. The van der Waals surface area contributed by atoms with Gasteiger partial charge in [-0.3, -0.25) is 0 Å². The summed E-state index contributed by atoms with van der Waals surface area (Å²) in [4.78, 5) is 19.0. The molecule has 8 heteroatoms. The van der Waals surface area contributed by atoms with Crippen molar-refractivity contribution in [2.45, 2.75) is 44.2 Å². The summed E-state index contributed by atoms with van der Waals surface area (Å²) in [6.07, 6.45) is 9.87. The third-order valence-electron chi connectivity index (χ3n) is 6.91. The first kappa shape index (κ1) is 20.3. The number of aromatic nitrogens is 3. The first-order chi connectivity index (χ1) is 15.8. The molecule has 3 aliphatic heterocycles. The fraction of sp³-hybridized carbons (Fsp3) is 0.542. The van der Waals surface area contributed by atoms with E-state index in [4.69, 9.17) is 19.7 Å². The largest absolute Gasteiger partial charge is 0.380 e. The molecule has 0 aromatic carbocycles. The Labute approximate surface area is 192 Å². The van der Waals surface area contributed by atoms with E-state index in [0.717, 1.165) is 86.4 Å². The minimum absolute atomic E-state index is 0.538. The van der Waals surface area contributed by atoms with Gasteiger partial charge in [0.15, 0.2) is 0 Å². The van der Waals surface area contributed by atoms with Gasteiger partial charge in [0, 0.05) is 62.7 Å². The van der Waals surface area contributed by atoms with Gasteiger partial charge in [-0.1, -0.05) is 0 Å². The minimum Gasteiger partial charge on any atom is -0.380 e. The van der Waals surface area contributed by atoms with Gasteiger partial charge >= 0.3 is 0 Å². The molecule has 1 atom stereocenters. The van der Waals surface area contributed by atoms with Crippen LogP contribution >= 0.6 is 11.3 Å². The van der Waals surface area contributed by atoms with Crippen LogP contribution in [0, 0.1) is 0 Å². The van der Waals surface area contributed by atoms with E-state index in [1.165, 1.54) is 17.5 Å². The van der Waals surface area contributed by atoms with Crippen molar-refractivity contribution in [1.82, 2.24) is 20.3 Å². The number of hydrogen-bond acceptors (Lipinski definition) is 8. The molecule has 0 radical (unpaired) electrons. The van der Waals surface area contributed by atoms with Crippen LogP contribution in [0.3, 0.4) is 0 Å². The average Bonchev–Trinajstić information content (AvgIpc) is 3.61. The number of piperidine rings is 1. The summed E-state index contributed by atoms with van der Waals surface area (Å²) in [5.74, 6) is 2.15. The van der Waals surface area contributed by atoms with Crippen LogP contribution < -0.4 is 15.1 Å². The van der Waals surface area contributed by atoms with Crippen LogP contribution in [0.15, 0.2) is 30.6 Å². The minimum atomic E-state index is 0.538. The molecule has 168 valence electrons. The Bertz CT molecular complexity index is 1050. The van der Waals surface area contributed by atoms with Crippen LogP contribution in [-0.4, -0.2) is 66.4 Å². The maximum absolute atomic E-state index is 5.50. The number of nitrogens with one attached hydrogen (secondary N) is 1. The predicted molar refractivity (Wildman–Crippen MR) is 130 cm³/mol. The summed E-state index contributed by atoms with van der Waals surface area (Å²) in [5.41, 5.74) is 2.05. The molecule has 1 unspecified atom stereocenters. The van der Waals surface area contributed by atoms with Gasteiger partial charge in [0.05, 0.1) is 17.5 Å². The number of thiazole rings is 1. The van der Waals surface area contributed by atoms with Gasteiger partial charge in [-0.2, -0.15) is 0 Å². The molecule has 1 N–H and O–H groups in total. The number of rotatable bonds is 5. The summed E-state index contributed by atoms with van der Waals surface area (Å²) >= 11 is 1.73. The van der Waals surface area contributed by atoms with E-state index in [-0.39, 0.29) is 0 Å². The van der Waals surface area contributed by atoms with Gasteiger partial charge in [-0.05, 0) is 44.2 Å². The molecule has 7 nitrogen and oxygen atoms in total. The zero-order valence-electron chi connectivity index (χ0n) is 18.4. The summed E-state index contributed by atoms with van der Waals surface area (Å²) in [5, 5.41) is 4.79. The van der Waals surface area contributed by atoms with E-state index in [1.807, 2.05) is 12.4 Å². The monoisotopic (exact) mass is 450 g/mol. The molecule has 3 fully saturated rings. The Hall–Kier alpha value is -2.29. The number of hydrogen-bond donors (Lipinski definition) is 1. The molecule has 3 aliphatic rings. The molecule has 0 saturated carbocycles. The van der Waals surface area contributed by atoms with Crippen LogP contribution in [0.25, 0.3) is 20.8 Å². The van der Waals surface area contributed by atoms with E-state index in [9.17, 15) is 0 Å². The van der Waals surface area contributed by atoms with Crippen molar-refractivity contribution in [2.75, 3.05) is 49.2 Å². The SMILES string of the molecule is c1cc(N2CCCC2)ncc1-c1nc2cnc(N3CCC(NC4CCOC4)CC3)cc2s1. The lowest BCUT2D eigenvalue weighted by molar-refractivity contribution is 0.186. The molecule has 6 rings (SSSR count).